The normalized spacial score (nSPS) is 20.8. The van der Waals surface area contributed by atoms with Crippen LogP contribution >= 0.6 is 11.3 Å². The highest BCUT2D eigenvalue weighted by molar-refractivity contribution is 7.89. The van der Waals surface area contributed by atoms with Crippen LogP contribution in [0.2, 0.25) is 0 Å². The summed E-state index contributed by atoms with van der Waals surface area (Å²) < 4.78 is 32.7. The molecule has 0 aliphatic carbocycles. The summed E-state index contributed by atoms with van der Waals surface area (Å²) in [7, 11) is -3.38. The molecule has 0 amide bonds. The summed E-state index contributed by atoms with van der Waals surface area (Å²) in [5, 5.41) is 8.08. The van der Waals surface area contributed by atoms with Crippen molar-refractivity contribution >= 4 is 38.1 Å². The number of rotatable bonds is 6. The summed E-state index contributed by atoms with van der Waals surface area (Å²) in [5.74, 6) is 1.28. The molecule has 1 N–H and O–H groups in total. The van der Waals surface area contributed by atoms with E-state index in [1.54, 1.807) is 11.3 Å². The van der Waals surface area contributed by atoms with Crippen molar-refractivity contribution in [3.05, 3.63) is 41.1 Å². The van der Waals surface area contributed by atoms with Crippen LogP contribution in [0.3, 0.4) is 0 Å². The average molecular weight is 433 g/mol. The van der Waals surface area contributed by atoms with Crippen molar-refractivity contribution in [1.29, 1.82) is 0 Å². The predicted molar refractivity (Wildman–Crippen MR) is 117 cm³/mol. The summed E-state index contributed by atoms with van der Waals surface area (Å²) in [4.78, 5) is 9.30. The summed E-state index contributed by atoms with van der Waals surface area (Å²) in [6.45, 7) is 4.86. The molecule has 2 aromatic heterocycles. The topological polar surface area (TPSA) is 84.4 Å². The van der Waals surface area contributed by atoms with Crippen LogP contribution in [0.1, 0.15) is 13.8 Å². The molecule has 1 fully saturated rings. The first-order valence-electron chi connectivity index (χ1n) is 9.59. The number of morpholine rings is 1. The van der Waals surface area contributed by atoms with Crippen LogP contribution in [0.25, 0.3) is 22.3 Å². The van der Waals surface area contributed by atoms with Crippen LogP contribution in [-0.2, 0) is 14.8 Å². The van der Waals surface area contributed by atoms with E-state index in [9.17, 15) is 8.42 Å². The molecule has 29 heavy (non-hydrogen) atoms. The Bertz CT molecular complexity index is 1080. The van der Waals surface area contributed by atoms with E-state index in [-0.39, 0.29) is 24.5 Å². The highest BCUT2D eigenvalue weighted by Crippen LogP contribution is 2.26. The Morgan fingerprint density at radius 3 is 2.66 bits per heavy atom. The minimum Gasteiger partial charge on any atom is -0.373 e. The second-order valence-electron chi connectivity index (χ2n) is 7.24. The maximum Gasteiger partial charge on any atom is 0.216 e. The maximum atomic E-state index is 12.8. The number of ether oxygens (including phenoxy) is 1. The van der Waals surface area contributed by atoms with Gasteiger partial charge in [-0.1, -0.05) is 12.1 Å². The fourth-order valence-electron chi connectivity index (χ4n) is 3.52. The van der Waals surface area contributed by atoms with Crippen LogP contribution in [0.5, 0.6) is 0 Å². The summed E-state index contributed by atoms with van der Waals surface area (Å²) in [6.07, 6.45) is -0.194. The number of nitrogens with zero attached hydrogens (tertiary/aromatic N) is 3. The molecule has 0 spiro atoms. The lowest BCUT2D eigenvalue weighted by Gasteiger charge is -2.34. The first kappa shape index (κ1) is 20.2. The molecular formula is C20H24N4O3S2. The molecular weight excluding hydrogens is 408 g/mol. The van der Waals surface area contributed by atoms with Gasteiger partial charge in [0.05, 0.1) is 23.5 Å². The summed E-state index contributed by atoms with van der Waals surface area (Å²) >= 11 is 1.59. The predicted octanol–water partition coefficient (Wildman–Crippen LogP) is 3.21. The number of nitrogens with one attached hydrogen (secondary N) is 1. The lowest BCUT2D eigenvalue weighted by Crippen LogP contribution is -2.49. The second-order valence-corrected chi connectivity index (χ2v) is 10.1. The molecule has 4 rings (SSSR count). The monoisotopic (exact) mass is 432 g/mol. The highest BCUT2D eigenvalue weighted by atomic mass is 32.2. The Morgan fingerprint density at radius 2 is 1.93 bits per heavy atom. The number of para-hydroxylation sites is 1. The number of fused-ring (bicyclic) bond motifs is 1. The number of sulfonamides is 1. The number of anilines is 1. The van der Waals surface area contributed by atoms with Crippen LogP contribution in [0, 0.1) is 0 Å². The van der Waals surface area contributed by atoms with E-state index in [0.717, 1.165) is 16.5 Å². The van der Waals surface area contributed by atoms with Crippen LogP contribution in [0.15, 0.2) is 41.1 Å². The average Bonchev–Trinajstić information content (AvgIpc) is 3.22. The van der Waals surface area contributed by atoms with Crippen molar-refractivity contribution in [1.82, 2.24) is 14.3 Å². The van der Waals surface area contributed by atoms with Gasteiger partial charge in [-0.3, -0.25) is 0 Å². The second kappa shape index (κ2) is 8.35. The van der Waals surface area contributed by atoms with Crippen molar-refractivity contribution < 1.29 is 13.2 Å². The van der Waals surface area contributed by atoms with Gasteiger partial charge in [0.1, 0.15) is 5.82 Å². The molecule has 2 unspecified atom stereocenters. The Balaban J connectivity index is 1.52. The Labute approximate surface area is 174 Å². The number of hydrogen-bond donors (Lipinski definition) is 1. The van der Waals surface area contributed by atoms with Gasteiger partial charge in [0, 0.05) is 36.0 Å². The van der Waals surface area contributed by atoms with Gasteiger partial charge in [0.25, 0.3) is 0 Å². The van der Waals surface area contributed by atoms with Gasteiger partial charge in [0.15, 0.2) is 5.82 Å². The standard InChI is InChI=1S/C20H24N4O3S2/c1-14-11-24(12-15(2)27-14)29(25,26)10-8-21-20-17-5-3-4-6-18(17)22-19(23-20)16-7-9-28-13-16/h3-7,9,13-15H,8,10-12H2,1-2H3,(H,21,22,23). The summed E-state index contributed by atoms with van der Waals surface area (Å²) in [6, 6.07) is 9.71. The molecule has 0 saturated carbocycles. The molecule has 0 bridgehead atoms. The molecule has 1 aliphatic rings. The fourth-order valence-corrected chi connectivity index (χ4v) is 5.64. The van der Waals surface area contributed by atoms with Gasteiger partial charge in [-0.25, -0.2) is 18.4 Å². The third kappa shape index (κ3) is 4.58. The molecule has 154 valence electrons. The van der Waals surface area contributed by atoms with Crippen LogP contribution in [0.4, 0.5) is 5.82 Å². The molecule has 9 heteroatoms. The smallest absolute Gasteiger partial charge is 0.216 e. The maximum absolute atomic E-state index is 12.8. The highest BCUT2D eigenvalue weighted by Gasteiger charge is 2.30. The van der Waals surface area contributed by atoms with Crippen molar-refractivity contribution in [2.75, 3.05) is 30.7 Å². The third-order valence-corrected chi connectivity index (χ3v) is 7.30. The van der Waals surface area contributed by atoms with Gasteiger partial charge in [0.2, 0.25) is 10.0 Å². The van der Waals surface area contributed by atoms with Gasteiger partial charge in [-0.15, -0.1) is 0 Å². The zero-order valence-electron chi connectivity index (χ0n) is 16.4. The molecule has 1 aromatic carbocycles. The van der Waals surface area contributed by atoms with Gasteiger partial charge in [-0.05, 0) is 37.4 Å². The quantitative estimate of drug-likeness (QED) is 0.644. The molecule has 3 heterocycles. The molecule has 3 aromatic rings. The molecule has 2 atom stereocenters. The Hall–Kier alpha value is -2.07. The number of thiophene rings is 1. The van der Waals surface area contributed by atoms with E-state index < -0.39 is 10.0 Å². The Kier molecular flexibility index (Phi) is 5.82. The van der Waals surface area contributed by atoms with E-state index in [1.165, 1.54) is 4.31 Å². The minimum atomic E-state index is -3.38. The van der Waals surface area contributed by atoms with Gasteiger partial charge >= 0.3 is 0 Å². The van der Waals surface area contributed by atoms with E-state index in [0.29, 0.717) is 24.7 Å². The number of benzene rings is 1. The lowest BCUT2D eigenvalue weighted by molar-refractivity contribution is -0.0440. The molecule has 0 radical (unpaired) electrons. The van der Waals surface area contributed by atoms with Crippen molar-refractivity contribution in [2.24, 2.45) is 0 Å². The first-order chi connectivity index (χ1) is 13.9. The van der Waals surface area contributed by atoms with E-state index in [1.807, 2.05) is 54.9 Å². The zero-order chi connectivity index (χ0) is 20.4. The first-order valence-corrected chi connectivity index (χ1v) is 12.1. The lowest BCUT2D eigenvalue weighted by atomic mass is 10.2. The van der Waals surface area contributed by atoms with Crippen molar-refractivity contribution in [3.8, 4) is 11.4 Å². The van der Waals surface area contributed by atoms with Gasteiger partial charge < -0.3 is 10.1 Å². The van der Waals surface area contributed by atoms with Crippen molar-refractivity contribution in [3.63, 3.8) is 0 Å². The zero-order valence-corrected chi connectivity index (χ0v) is 18.0. The van der Waals surface area contributed by atoms with Crippen molar-refractivity contribution in [2.45, 2.75) is 26.1 Å². The van der Waals surface area contributed by atoms with E-state index >= 15 is 0 Å². The SMILES string of the molecule is CC1CN(S(=O)(=O)CCNc2nc(-c3ccsc3)nc3ccccc23)CC(C)O1. The summed E-state index contributed by atoms with van der Waals surface area (Å²) in [5.41, 5.74) is 1.78. The minimum absolute atomic E-state index is 0.00143. The van der Waals surface area contributed by atoms with Crippen LogP contribution < -0.4 is 5.32 Å². The van der Waals surface area contributed by atoms with Gasteiger partial charge in [-0.2, -0.15) is 15.6 Å². The van der Waals surface area contributed by atoms with E-state index in [4.69, 9.17) is 4.74 Å². The third-order valence-electron chi connectivity index (χ3n) is 4.81. The number of hydrogen-bond acceptors (Lipinski definition) is 7. The van der Waals surface area contributed by atoms with E-state index in [2.05, 4.69) is 15.3 Å². The number of aromatic nitrogens is 2. The molecule has 7 nitrogen and oxygen atoms in total. The Morgan fingerprint density at radius 1 is 1.17 bits per heavy atom. The van der Waals surface area contributed by atoms with Crippen LogP contribution in [-0.4, -0.2) is 60.3 Å². The fraction of sp³-hybridized carbons (Fsp3) is 0.400. The largest absolute Gasteiger partial charge is 0.373 e. The molecule has 1 saturated heterocycles. The molecule has 1 aliphatic heterocycles.